The molecule has 198 valence electrons. The molecule has 1 aliphatic carbocycles. The number of aromatic nitrogens is 1. The lowest BCUT2D eigenvalue weighted by Crippen LogP contribution is -2.38. The molecule has 0 bridgehead atoms. The summed E-state index contributed by atoms with van der Waals surface area (Å²) in [5.41, 5.74) is 5.49. The Bertz CT molecular complexity index is 1970. The molecule has 0 unspecified atom stereocenters. The van der Waals surface area contributed by atoms with Gasteiger partial charge in [-0.2, -0.15) is 0 Å². The van der Waals surface area contributed by atoms with Gasteiger partial charge in [0.1, 0.15) is 11.5 Å². The molecule has 0 N–H and O–H groups in total. The van der Waals surface area contributed by atoms with E-state index in [1.807, 2.05) is 65.2 Å². The molecule has 0 saturated carbocycles. The van der Waals surface area contributed by atoms with Crippen molar-refractivity contribution in [2.45, 2.75) is 28.9 Å². The van der Waals surface area contributed by atoms with Gasteiger partial charge in [-0.15, -0.1) is 0 Å². The summed E-state index contributed by atoms with van der Waals surface area (Å²) in [6.07, 6.45) is 3.57. The lowest BCUT2D eigenvalue weighted by molar-refractivity contribution is 0.413. The maximum Gasteiger partial charge on any atom is 0.271 e. The maximum absolute atomic E-state index is 14.0. The van der Waals surface area contributed by atoms with Gasteiger partial charge >= 0.3 is 0 Å². The minimum Gasteiger partial charge on any atom is -0.497 e. The molecule has 2 aliphatic rings. The van der Waals surface area contributed by atoms with Crippen LogP contribution in [0.5, 0.6) is 5.75 Å². The molecule has 2 aromatic heterocycles. The Kier molecular flexibility index (Phi) is 6.50. The number of fused-ring (bicyclic) bond motifs is 3. The first-order chi connectivity index (χ1) is 19.6. The normalized spacial score (nSPS) is 16.2. The van der Waals surface area contributed by atoms with E-state index in [9.17, 15) is 4.79 Å². The van der Waals surface area contributed by atoms with E-state index in [1.165, 1.54) is 28.7 Å². The summed E-state index contributed by atoms with van der Waals surface area (Å²) in [4.78, 5) is 20.8. The van der Waals surface area contributed by atoms with E-state index in [-0.39, 0.29) is 11.6 Å². The molecule has 3 aromatic carbocycles. The molecular formula is C32H23ClN2O3S2. The average molecular weight is 583 g/mol. The SMILES string of the molecule is COc1cccc([C@H]2C3=C(N=c4s/c(=C\c5ccc(Sc6ccc(Cl)cc6)o5)c(=O)n42)c2ccccc2CC3)c1. The van der Waals surface area contributed by atoms with Crippen LogP contribution in [0.15, 0.2) is 115 Å². The Labute approximate surface area is 243 Å². The van der Waals surface area contributed by atoms with Gasteiger partial charge in [0.2, 0.25) is 0 Å². The minimum atomic E-state index is -0.260. The zero-order valence-electron chi connectivity index (χ0n) is 21.5. The number of furan rings is 1. The smallest absolute Gasteiger partial charge is 0.271 e. The fourth-order valence-corrected chi connectivity index (χ4v) is 7.23. The number of rotatable bonds is 5. The molecule has 5 aromatic rings. The molecule has 5 nitrogen and oxygen atoms in total. The van der Waals surface area contributed by atoms with E-state index in [4.69, 9.17) is 25.7 Å². The Morgan fingerprint density at radius 1 is 1.05 bits per heavy atom. The number of hydrogen-bond donors (Lipinski definition) is 0. The van der Waals surface area contributed by atoms with Gasteiger partial charge in [-0.3, -0.25) is 9.36 Å². The van der Waals surface area contributed by atoms with Crippen LogP contribution in [0.1, 0.15) is 34.9 Å². The molecule has 0 radical (unpaired) electrons. The van der Waals surface area contributed by atoms with Crippen LogP contribution in [0.25, 0.3) is 11.8 Å². The molecule has 0 amide bonds. The predicted octanol–water partition coefficient (Wildman–Crippen LogP) is 6.72. The van der Waals surface area contributed by atoms with E-state index in [0.717, 1.165) is 51.0 Å². The van der Waals surface area contributed by atoms with E-state index >= 15 is 0 Å². The van der Waals surface area contributed by atoms with Crippen molar-refractivity contribution in [2.24, 2.45) is 4.99 Å². The molecule has 0 fully saturated rings. The van der Waals surface area contributed by atoms with Crippen LogP contribution in [0.2, 0.25) is 5.02 Å². The summed E-state index contributed by atoms with van der Waals surface area (Å²) in [5.74, 6) is 1.38. The van der Waals surface area contributed by atoms with Gasteiger partial charge in [0.15, 0.2) is 9.89 Å². The van der Waals surface area contributed by atoms with Gasteiger partial charge in [0, 0.05) is 21.6 Å². The fourth-order valence-electron chi connectivity index (χ4n) is 5.35. The Balaban J connectivity index is 1.35. The number of benzene rings is 3. The standard InChI is InChI=1S/C32H23ClN2O3S2/c1-37-22-7-4-6-20(17-22)30-26-15-9-19-5-2-3-8-25(19)29(26)34-32-35(30)31(36)27(40-32)18-23-12-16-28(38-23)39-24-13-10-21(33)11-14-24/h2-8,10-14,16-18,30H,9,15H2,1H3/b27-18-/t30-/m0/s1. The molecular weight excluding hydrogens is 560 g/mol. The predicted molar refractivity (Wildman–Crippen MR) is 160 cm³/mol. The van der Waals surface area contributed by atoms with E-state index in [1.54, 1.807) is 7.11 Å². The highest BCUT2D eigenvalue weighted by Gasteiger charge is 2.32. The van der Waals surface area contributed by atoms with Crippen molar-refractivity contribution < 1.29 is 9.15 Å². The van der Waals surface area contributed by atoms with Crippen LogP contribution >= 0.6 is 34.7 Å². The number of hydrogen-bond acceptors (Lipinski definition) is 6. The van der Waals surface area contributed by atoms with Gasteiger partial charge in [0.05, 0.1) is 23.4 Å². The molecule has 40 heavy (non-hydrogen) atoms. The van der Waals surface area contributed by atoms with E-state index < -0.39 is 0 Å². The van der Waals surface area contributed by atoms with Crippen LogP contribution < -0.4 is 19.6 Å². The first-order valence-corrected chi connectivity index (χ1v) is 14.9. The first kappa shape index (κ1) is 25.2. The Hall–Kier alpha value is -3.78. The summed E-state index contributed by atoms with van der Waals surface area (Å²) < 4.78 is 14.0. The van der Waals surface area contributed by atoms with Crippen molar-refractivity contribution in [1.29, 1.82) is 0 Å². The molecule has 7 rings (SSSR count). The summed E-state index contributed by atoms with van der Waals surface area (Å²) in [6.45, 7) is 0. The third-order valence-corrected chi connectivity index (χ3v) is 9.35. The topological polar surface area (TPSA) is 56.7 Å². The van der Waals surface area contributed by atoms with Crippen molar-refractivity contribution in [3.63, 3.8) is 0 Å². The maximum atomic E-state index is 14.0. The van der Waals surface area contributed by atoms with Gasteiger partial charge in [-0.1, -0.05) is 71.1 Å². The highest BCUT2D eigenvalue weighted by molar-refractivity contribution is 7.99. The number of thiazole rings is 1. The molecule has 3 heterocycles. The second-order valence-electron chi connectivity index (χ2n) is 9.60. The van der Waals surface area contributed by atoms with E-state index in [2.05, 4.69) is 30.3 Å². The van der Waals surface area contributed by atoms with Crippen LogP contribution in [0, 0.1) is 0 Å². The number of halogens is 1. The lowest BCUT2D eigenvalue weighted by Gasteiger charge is -2.31. The monoisotopic (exact) mass is 582 g/mol. The van der Waals surface area contributed by atoms with Crippen LogP contribution in [0.4, 0.5) is 0 Å². The van der Waals surface area contributed by atoms with Gasteiger partial charge < -0.3 is 9.15 Å². The van der Waals surface area contributed by atoms with Crippen LogP contribution in [-0.4, -0.2) is 11.7 Å². The second kappa shape index (κ2) is 10.3. The zero-order valence-corrected chi connectivity index (χ0v) is 23.9. The third kappa shape index (κ3) is 4.54. The largest absolute Gasteiger partial charge is 0.497 e. The van der Waals surface area contributed by atoms with Crippen molar-refractivity contribution in [2.75, 3.05) is 7.11 Å². The molecule has 1 atom stereocenters. The number of ether oxygens (including phenoxy) is 1. The second-order valence-corrected chi connectivity index (χ2v) is 12.1. The summed E-state index contributed by atoms with van der Waals surface area (Å²) in [7, 11) is 1.66. The van der Waals surface area contributed by atoms with Gasteiger partial charge in [-0.05, 0) is 78.1 Å². The average Bonchev–Trinajstić information content (AvgIpc) is 3.56. The Morgan fingerprint density at radius 3 is 2.75 bits per heavy atom. The van der Waals surface area contributed by atoms with Crippen LogP contribution in [-0.2, 0) is 6.42 Å². The number of methoxy groups -OCH3 is 1. The highest BCUT2D eigenvalue weighted by Crippen LogP contribution is 2.41. The number of nitrogens with zero attached hydrogens (tertiary/aromatic N) is 2. The molecule has 1 aliphatic heterocycles. The van der Waals surface area contributed by atoms with Crippen molar-refractivity contribution >= 4 is 46.5 Å². The highest BCUT2D eigenvalue weighted by atomic mass is 35.5. The zero-order chi connectivity index (χ0) is 27.2. The van der Waals surface area contributed by atoms with Gasteiger partial charge in [0.25, 0.3) is 5.56 Å². The van der Waals surface area contributed by atoms with Gasteiger partial charge in [-0.25, -0.2) is 4.99 Å². The molecule has 0 spiro atoms. The summed E-state index contributed by atoms with van der Waals surface area (Å²) in [5, 5.41) is 1.43. The lowest BCUT2D eigenvalue weighted by atomic mass is 9.83. The third-order valence-electron chi connectivity index (χ3n) is 7.19. The molecule has 0 saturated heterocycles. The van der Waals surface area contributed by atoms with E-state index in [0.29, 0.717) is 20.1 Å². The fraction of sp³-hybridized carbons (Fsp3) is 0.125. The van der Waals surface area contributed by atoms with Crippen molar-refractivity contribution in [3.05, 3.63) is 138 Å². The number of aryl methyl sites for hydroxylation is 1. The van der Waals surface area contributed by atoms with Crippen molar-refractivity contribution in [1.82, 2.24) is 4.57 Å². The van der Waals surface area contributed by atoms with Crippen LogP contribution in [0.3, 0.4) is 0 Å². The quantitative estimate of drug-likeness (QED) is 0.231. The number of allylic oxidation sites excluding steroid dienone is 1. The minimum absolute atomic E-state index is 0.0784. The summed E-state index contributed by atoms with van der Waals surface area (Å²) in [6, 6.07) is 27.6. The molecule has 8 heteroatoms. The first-order valence-electron chi connectivity index (χ1n) is 12.9. The van der Waals surface area contributed by atoms with Crippen molar-refractivity contribution in [3.8, 4) is 5.75 Å². The summed E-state index contributed by atoms with van der Waals surface area (Å²) >= 11 is 8.91. The Morgan fingerprint density at radius 2 is 1.90 bits per heavy atom.